The number of carbonyl (C=O) groups excluding carboxylic acids is 1. The molecule has 3 aliphatic rings. The van der Waals surface area contributed by atoms with E-state index in [9.17, 15) is 9.90 Å². The molecule has 21 heavy (non-hydrogen) atoms. The molecule has 3 atom stereocenters. The minimum absolute atomic E-state index is 0.0641. The van der Waals surface area contributed by atoms with Crippen LogP contribution in [0.4, 0.5) is 0 Å². The van der Waals surface area contributed by atoms with Crippen molar-refractivity contribution in [3.05, 3.63) is 22.4 Å². The van der Waals surface area contributed by atoms with E-state index in [0.29, 0.717) is 11.8 Å². The lowest BCUT2D eigenvalue weighted by Crippen LogP contribution is -2.51. The van der Waals surface area contributed by atoms with Crippen LogP contribution in [0.5, 0.6) is 0 Å². The first-order chi connectivity index (χ1) is 10.1. The number of nitrogens with two attached hydrogens (primary N) is 1. The van der Waals surface area contributed by atoms with E-state index in [1.165, 1.54) is 11.3 Å². The van der Waals surface area contributed by atoms with Gasteiger partial charge in [-0.1, -0.05) is 18.9 Å². The molecule has 3 N–H and O–H groups in total. The second-order valence-electron chi connectivity index (χ2n) is 6.84. The molecule has 4 nitrogen and oxygen atoms in total. The van der Waals surface area contributed by atoms with Crippen LogP contribution in [0.1, 0.15) is 30.6 Å². The van der Waals surface area contributed by atoms with Gasteiger partial charge < -0.3 is 15.7 Å². The number of amides is 1. The maximum Gasteiger partial charge on any atom is 0.260 e. The van der Waals surface area contributed by atoms with Gasteiger partial charge in [0.1, 0.15) is 0 Å². The van der Waals surface area contributed by atoms with Crippen molar-refractivity contribution in [2.45, 2.75) is 37.3 Å². The number of thiophene rings is 1. The highest BCUT2D eigenvalue weighted by Gasteiger charge is 2.58. The summed E-state index contributed by atoms with van der Waals surface area (Å²) in [7, 11) is 0. The number of hydrogen-bond donors (Lipinski definition) is 2. The zero-order valence-corrected chi connectivity index (χ0v) is 12.9. The van der Waals surface area contributed by atoms with Crippen LogP contribution in [0.15, 0.2) is 17.5 Å². The Morgan fingerprint density at radius 3 is 2.57 bits per heavy atom. The first-order valence-corrected chi connectivity index (χ1v) is 8.81. The van der Waals surface area contributed by atoms with E-state index in [1.807, 2.05) is 22.4 Å². The molecular weight excluding hydrogens is 284 g/mol. The molecule has 3 fully saturated rings. The molecule has 2 saturated carbocycles. The van der Waals surface area contributed by atoms with Crippen LogP contribution in [-0.2, 0) is 10.4 Å². The second kappa shape index (κ2) is 4.80. The fraction of sp³-hybridized carbons (Fsp3) is 0.688. The lowest BCUT2D eigenvalue weighted by atomic mass is 9.83. The minimum atomic E-state index is -1.31. The fourth-order valence-corrected chi connectivity index (χ4v) is 5.19. The number of carbonyl (C=O) groups is 1. The molecule has 2 aliphatic carbocycles. The summed E-state index contributed by atoms with van der Waals surface area (Å²) in [6.45, 7) is 1.45. The third kappa shape index (κ3) is 1.98. The molecule has 1 saturated heterocycles. The average Bonchev–Trinajstić information content (AvgIpc) is 3.10. The highest BCUT2D eigenvalue weighted by atomic mass is 32.1. The van der Waals surface area contributed by atoms with E-state index in [-0.39, 0.29) is 17.9 Å². The topological polar surface area (TPSA) is 66.6 Å². The largest absolute Gasteiger partial charge is 0.374 e. The van der Waals surface area contributed by atoms with Crippen LogP contribution in [0.3, 0.4) is 0 Å². The van der Waals surface area contributed by atoms with Crippen LogP contribution >= 0.6 is 11.3 Å². The summed E-state index contributed by atoms with van der Waals surface area (Å²) < 4.78 is 0. The Kier molecular flexibility index (Phi) is 3.14. The molecule has 0 bridgehead atoms. The predicted molar refractivity (Wildman–Crippen MR) is 81.7 cm³/mol. The van der Waals surface area contributed by atoms with Gasteiger partial charge in [0.15, 0.2) is 5.60 Å². The van der Waals surface area contributed by atoms with E-state index >= 15 is 0 Å². The van der Waals surface area contributed by atoms with Crippen molar-refractivity contribution in [1.29, 1.82) is 0 Å². The molecular formula is C16H22N2O2S. The molecule has 2 heterocycles. The van der Waals surface area contributed by atoms with E-state index in [1.54, 1.807) is 0 Å². The summed E-state index contributed by atoms with van der Waals surface area (Å²) in [6.07, 6.45) is 4.12. The van der Waals surface area contributed by atoms with E-state index in [2.05, 4.69) is 0 Å². The van der Waals surface area contributed by atoms with Gasteiger partial charge in [0, 0.05) is 29.9 Å². The number of aliphatic hydroxyl groups is 1. The molecule has 1 aromatic heterocycles. The lowest BCUT2D eigenvalue weighted by molar-refractivity contribution is -0.158. The number of rotatable bonds is 3. The molecule has 0 aromatic carbocycles. The summed E-state index contributed by atoms with van der Waals surface area (Å²) in [6, 6.07) is 4.10. The molecule has 114 valence electrons. The summed E-state index contributed by atoms with van der Waals surface area (Å²) in [4.78, 5) is 15.7. The average molecular weight is 306 g/mol. The smallest absolute Gasteiger partial charge is 0.260 e. The monoisotopic (exact) mass is 306 g/mol. The molecule has 0 spiro atoms. The maximum atomic E-state index is 13.1. The molecule has 1 aliphatic heterocycles. The highest BCUT2D eigenvalue weighted by Crippen LogP contribution is 2.48. The Morgan fingerprint density at radius 1 is 1.33 bits per heavy atom. The molecule has 1 aromatic rings. The molecule has 1 amide bonds. The van der Waals surface area contributed by atoms with E-state index < -0.39 is 5.60 Å². The van der Waals surface area contributed by atoms with Crippen molar-refractivity contribution in [3.8, 4) is 0 Å². The van der Waals surface area contributed by atoms with Gasteiger partial charge in [-0.3, -0.25) is 4.79 Å². The van der Waals surface area contributed by atoms with Crippen LogP contribution < -0.4 is 5.73 Å². The summed E-state index contributed by atoms with van der Waals surface area (Å²) in [5.74, 6) is 0.903. The number of likely N-dealkylation sites (tertiary alicyclic amines) is 1. The van der Waals surface area contributed by atoms with Gasteiger partial charge in [-0.15, -0.1) is 11.3 Å². The second-order valence-corrected chi connectivity index (χ2v) is 7.79. The summed E-state index contributed by atoms with van der Waals surface area (Å²) in [5, 5.41) is 13.3. The molecule has 4 rings (SSSR count). The lowest BCUT2D eigenvalue weighted by Gasteiger charge is -2.36. The minimum Gasteiger partial charge on any atom is -0.374 e. The zero-order valence-electron chi connectivity index (χ0n) is 12.1. The van der Waals surface area contributed by atoms with Gasteiger partial charge in [-0.25, -0.2) is 0 Å². The number of piperidine rings is 1. The normalized spacial score (nSPS) is 34.8. The Balaban J connectivity index is 1.62. The Bertz CT molecular complexity index is 528. The van der Waals surface area contributed by atoms with E-state index in [4.69, 9.17) is 5.73 Å². The standard InChI is InChI=1S/C16H22N2O2S/c17-14-11-8-18(9-12(11)14)15(19)16(20,10-4-1-2-5-10)13-6-3-7-21-13/h3,6-7,10-12,14,20H,1-2,4-5,8-9,17H2. The van der Waals surface area contributed by atoms with Gasteiger partial charge in [0.2, 0.25) is 0 Å². The van der Waals surface area contributed by atoms with Crippen LogP contribution in [0.2, 0.25) is 0 Å². The highest BCUT2D eigenvalue weighted by molar-refractivity contribution is 7.10. The first kappa shape index (κ1) is 13.7. The zero-order chi connectivity index (χ0) is 14.6. The molecule has 5 heteroatoms. The Labute approximate surface area is 128 Å². The van der Waals surface area contributed by atoms with Crippen LogP contribution in [0.25, 0.3) is 0 Å². The third-order valence-corrected chi connectivity index (χ3v) is 6.71. The van der Waals surface area contributed by atoms with Crippen molar-refractivity contribution < 1.29 is 9.90 Å². The number of nitrogens with zero attached hydrogens (tertiary/aromatic N) is 1. The summed E-state index contributed by atoms with van der Waals surface area (Å²) in [5.41, 5.74) is 4.65. The molecule has 3 unspecified atom stereocenters. The quantitative estimate of drug-likeness (QED) is 0.890. The van der Waals surface area contributed by atoms with Gasteiger partial charge in [0.25, 0.3) is 5.91 Å². The Hall–Kier alpha value is -0.910. The van der Waals surface area contributed by atoms with Crippen molar-refractivity contribution >= 4 is 17.2 Å². The molecule has 0 radical (unpaired) electrons. The van der Waals surface area contributed by atoms with Gasteiger partial charge in [-0.05, 0) is 36.1 Å². The summed E-state index contributed by atoms with van der Waals surface area (Å²) >= 11 is 1.49. The van der Waals surface area contributed by atoms with Crippen LogP contribution in [-0.4, -0.2) is 35.0 Å². The van der Waals surface area contributed by atoms with Crippen molar-refractivity contribution in [2.75, 3.05) is 13.1 Å². The first-order valence-electron chi connectivity index (χ1n) is 7.93. The SMILES string of the molecule is NC1C2CN(C(=O)C(O)(c3cccs3)C3CCCC3)CC12. The van der Waals surface area contributed by atoms with Gasteiger partial charge in [0.05, 0.1) is 0 Å². The number of hydrogen-bond acceptors (Lipinski definition) is 4. The van der Waals surface area contributed by atoms with Crippen LogP contribution in [0, 0.1) is 17.8 Å². The predicted octanol–water partition coefficient (Wildman–Crippen LogP) is 1.54. The third-order valence-electron chi connectivity index (χ3n) is 5.72. The van der Waals surface area contributed by atoms with E-state index in [0.717, 1.165) is 43.6 Å². The van der Waals surface area contributed by atoms with Gasteiger partial charge >= 0.3 is 0 Å². The van der Waals surface area contributed by atoms with Crippen molar-refractivity contribution in [1.82, 2.24) is 4.90 Å². The fourth-order valence-electron chi connectivity index (χ4n) is 4.30. The van der Waals surface area contributed by atoms with Gasteiger partial charge in [-0.2, -0.15) is 0 Å². The Morgan fingerprint density at radius 2 is 2.00 bits per heavy atom. The maximum absolute atomic E-state index is 13.1. The van der Waals surface area contributed by atoms with Crippen molar-refractivity contribution in [3.63, 3.8) is 0 Å². The number of fused-ring (bicyclic) bond motifs is 1. The van der Waals surface area contributed by atoms with Crippen molar-refractivity contribution in [2.24, 2.45) is 23.5 Å².